The zero-order chi connectivity index (χ0) is 23.0. The summed E-state index contributed by atoms with van der Waals surface area (Å²) in [6, 6.07) is 28.5. The van der Waals surface area contributed by atoms with E-state index < -0.39 is 11.8 Å². The highest BCUT2D eigenvalue weighted by molar-refractivity contribution is 9.10. The van der Waals surface area contributed by atoms with Crippen LogP contribution >= 0.6 is 15.9 Å². The number of hydrazone groups is 1. The van der Waals surface area contributed by atoms with Gasteiger partial charge in [-0.05, 0) is 58.3 Å². The van der Waals surface area contributed by atoms with E-state index in [2.05, 4.69) is 50.0 Å². The molecule has 0 saturated carbocycles. The normalized spacial score (nSPS) is 10.8. The summed E-state index contributed by atoms with van der Waals surface area (Å²) in [5.41, 5.74) is 4.56. The Bertz CT molecular complexity index is 1310. The monoisotopic (exact) mass is 501 g/mol. The van der Waals surface area contributed by atoms with Crippen LogP contribution in [0.15, 0.2) is 101 Å². The van der Waals surface area contributed by atoms with Crippen LogP contribution < -0.4 is 15.5 Å². The summed E-state index contributed by atoms with van der Waals surface area (Å²) in [4.78, 5) is 23.9. The highest BCUT2D eigenvalue weighted by Gasteiger charge is 2.12. The van der Waals surface area contributed by atoms with Crippen molar-refractivity contribution in [2.24, 2.45) is 5.10 Å². The van der Waals surface area contributed by atoms with Crippen LogP contribution in [-0.2, 0) is 16.2 Å². The Morgan fingerprint density at radius 1 is 0.879 bits per heavy atom. The fourth-order valence-corrected chi connectivity index (χ4v) is 3.47. The van der Waals surface area contributed by atoms with Gasteiger partial charge < -0.3 is 10.1 Å². The Kier molecular flexibility index (Phi) is 7.12. The maximum absolute atomic E-state index is 12.0. The highest BCUT2D eigenvalue weighted by Crippen LogP contribution is 2.21. The summed E-state index contributed by atoms with van der Waals surface area (Å²) in [7, 11) is 0. The van der Waals surface area contributed by atoms with Gasteiger partial charge in [0.1, 0.15) is 12.4 Å². The van der Waals surface area contributed by atoms with Crippen molar-refractivity contribution in [1.29, 1.82) is 0 Å². The fraction of sp³-hybridized carbons (Fsp3) is 0.0385. The lowest BCUT2D eigenvalue weighted by Crippen LogP contribution is -2.32. The molecular formula is C26H20BrN3O3. The first-order valence-electron chi connectivity index (χ1n) is 10.2. The van der Waals surface area contributed by atoms with Crippen molar-refractivity contribution in [3.05, 3.63) is 107 Å². The topological polar surface area (TPSA) is 79.8 Å². The zero-order valence-corrected chi connectivity index (χ0v) is 19.1. The van der Waals surface area contributed by atoms with E-state index in [9.17, 15) is 9.59 Å². The number of nitrogens with zero attached hydrogens (tertiary/aromatic N) is 1. The van der Waals surface area contributed by atoms with Gasteiger partial charge in [0.2, 0.25) is 0 Å². The van der Waals surface area contributed by atoms with Crippen molar-refractivity contribution in [3.63, 3.8) is 0 Å². The van der Waals surface area contributed by atoms with E-state index in [0.717, 1.165) is 21.0 Å². The predicted molar refractivity (Wildman–Crippen MR) is 133 cm³/mol. The molecule has 4 rings (SSSR count). The molecule has 4 aromatic carbocycles. The number of halogens is 1. The van der Waals surface area contributed by atoms with E-state index in [-0.39, 0.29) is 0 Å². The first kappa shape index (κ1) is 22.2. The number of fused-ring (bicyclic) bond motifs is 1. The average Bonchev–Trinajstić information content (AvgIpc) is 2.84. The molecule has 0 atom stereocenters. The van der Waals surface area contributed by atoms with E-state index in [1.807, 2.05) is 48.5 Å². The second kappa shape index (κ2) is 10.6. The van der Waals surface area contributed by atoms with Gasteiger partial charge in [-0.3, -0.25) is 9.59 Å². The van der Waals surface area contributed by atoms with Gasteiger partial charge in [-0.25, -0.2) is 5.43 Å². The minimum absolute atomic E-state index is 0.426. The maximum Gasteiger partial charge on any atom is 0.329 e. The van der Waals surface area contributed by atoms with Crippen LogP contribution in [0.1, 0.15) is 11.1 Å². The molecule has 0 aromatic heterocycles. The number of hydrogen-bond donors (Lipinski definition) is 2. The van der Waals surface area contributed by atoms with Gasteiger partial charge in [0.25, 0.3) is 0 Å². The number of nitrogens with one attached hydrogen (secondary N) is 2. The number of ether oxygens (including phenoxy) is 1. The van der Waals surface area contributed by atoms with Crippen LogP contribution in [-0.4, -0.2) is 18.0 Å². The van der Waals surface area contributed by atoms with Crippen molar-refractivity contribution in [2.45, 2.75) is 6.61 Å². The molecule has 0 spiro atoms. The van der Waals surface area contributed by atoms with E-state index in [4.69, 9.17) is 4.74 Å². The minimum Gasteiger partial charge on any atom is -0.489 e. The SMILES string of the molecule is O=C(NN=Cc1cccc(OCc2cccc3ccccc23)c1)C(=O)Nc1ccc(Br)cc1. The second-order valence-electron chi connectivity index (χ2n) is 7.16. The molecule has 0 unspecified atom stereocenters. The number of hydrogen-bond acceptors (Lipinski definition) is 4. The molecule has 0 saturated heterocycles. The smallest absolute Gasteiger partial charge is 0.329 e. The van der Waals surface area contributed by atoms with Crippen LogP contribution in [0.3, 0.4) is 0 Å². The molecule has 7 heteroatoms. The molecule has 4 aromatic rings. The Hall–Kier alpha value is -3.97. The third-order valence-corrected chi connectivity index (χ3v) is 5.35. The molecule has 0 aliphatic heterocycles. The third-order valence-electron chi connectivity index (χ3n) is 4.82. The molecule has 0 fully saturated rings. The molecular weight excluding hydrogens is 482 g/mol. The second-order valence-corrected chi connectivity index (χ2v) is 8.08. The highest BCUT2D eigenvalue weighted by atomic mass is 79.9. The Balaban J connectivity index is 1.33. The van der Waals surface area contributed by atoms with Crippen LogP contribution in [0, 0.1) is 0 Å². The van der Waals surface area contributed by atoms with E-state index in [1.165, 1.54) is 11.6 Å². The van der Waals surface area contributed by atoms with Gasteiger partial charge in [-0.1, -0.05) is 70.5 Å². The first-order chi connectivity index (χ1) is 16.1. The number of carbonyl (C=O) groups excluding carboxylic acids is 2. The molecule has 2 N–H and O–H groups in total. The standard InChI is InChI=1S/C26H20BrN3O3/c27-21-11-13-22(14-12-21)29-25(31)26(32)30-28-16-18-5-3-9-23(15-18)33-17-20-8-4-7-19-6-1-2-10-24(19)20/h1-16H,17H2,(H,29,31)(H,30,32). The lowest BCUT2D eigenvalue weighted by molar-refractivity contribution is -0.136. The van der Waals surface area contributed by atoms with Gasteiger partial charge >= 0.3 is 11.8 Å². The van der Waals surface area contributed by atoms with Crippen LogP contribution in [0.25, 0.3) is 10.8 Å². The maximum atomic E-state index is 12.0. The Morgan fingerprint density at radius 3 is 2.48 bits per heavy atom. The number of amides is 2. The lowest BCUT2D eigenvalue weighted by Gasteiger charge is -2.09. The third kappa shape index (κ3) is 6.05. The molecule has 6 nitrogen and oxygen atoms in total. The molecule has 0 aliphatic rings. The summed E-state index contributed by atoms with van der Waals surface area (Å²) in [6.07, 6.45) is 1.45. The summed E-state index contributed by atoms with van der Waals surface area (Å²) < 4.78 is 6.84. The van der Waals surface area contributed by atoms with Crippen molar-refractivity contribution in [1.82, 2.24) is 5.43 Å². The van der Waals surface area contributed by atoms with Crippen LogP contribution in [0.2, 0.25) is 0 Å². The van der Waals surface area contributed by atoms with Crippen LogP contribution in [0.4, 0.5) is 5.69 Å². The minimum atomic E-state index is -0.863. The summed E-state index contributed by atoms with van der Waals surface area (Å²) in [5, 5.41) is 8.70. The molecule has 2 amide bonds. The lowest BCUT2D eigenvalue weighted by atomic mass is 10.1. The molecule has 33 heavy (non-hydrogen) atoms. The largest absolute Gasteiger partial charge is 0.489 e. The van der Waals surface area contributed by atoms with Gasteiger partial charge in [-0.2, -0.15) is 5.10 Å². The fourth-order valence-electron chi connectivity index (χ4n) is 3.20. The molecule has 0 aliphatic carbocycles. The number of anilines is 1. The van der Waals surface area contributed by atoms with E-state index >= 15 is 0 Å². The number of carbonyl (C=O) groups is 2. The average molecular weight is 502 g/mol. The van der Waals surface area contributed by atoms with Crippen LogP contribution in [0.5, 0.6) is 5.75 Å². The predicted octanol–water partition coefficient (Wildman–Crippen LogP) is 5.27. The first-order valence-corrected chi connectivity index (χ1v) is 11.0. The van der Waals surface area contributed by atoms with Crippen molar-refractivity contribution in [3.8, 4) is 5.75 Å². The number of benzene rings is 4. The summed E-state index contributed by atoms with van der Waals surface area (Å²) in [6.45, 7) is 0.426. The van der Waals surface area contributed by atoms with Crippen molar-refractivity contribution in [2.75, 3.05) is 5.32 Å². The summed E-state index contributed by atoms with van der Waals surface area (Å²) >= 11 is 3.31. The van der Waals surface area contributed by atoms with Gasteiger partial charge in [0.05, 0.1) is 6.21 Å². The van der Waals surface area contributed by atoms with Crippen molar-refractivity contribution < 1.29 is 14.3 Å². The quantitative estimate of drug-likeness (QED) is 0.214. The van der Waals surface area contributed by atoms with Gasteiger partial charge in [-0.15, -0.1) is 0 Å². The van der Waals surface area contributed by atoms with Crippen molar-refractivity contribution >= 4 is 50.4 Å². The Labute approximate surface area is 199 Å². The molecule has 164 valence electrons. The number of rotatable bonds is 6. The Morgan fingerprint density at radius 2 is 1.64 bits per heavy atom. The molecule has 0 heterocycles. The van der Waals surface area contributed by atoms with E-state index in [0.29, 0.717) is 18.0 Å². The molecule has 0 radical (unpaired) electrons. The van der Waals surface area contributed by atoms with E-state index in [1.54, 1.807) is 24.3 Å². The zero-order valence-electron chi connectivity index (χ0n) is 17.5. The van der Waals surface area contributed by atoms with Gasteiger partial charge in [0, 0.05) is 10.2 Å². The molecule has 0 bridgehead atoms. The van der Waals surface area contributed by atoms with Gasteiger partial charge in [0.15, 0.2) is 0 Å². The summed E-state index contributed by atoms with van der Waals surface area (Å²) in [5.74, 6) is -0.995.